The molecule has 0 aliphatic carbocycles. The molecule has 0 fully saturated rings. The first kappa shape index (κ1) is 13.9. The molecule has 3 heteroatoms. The maximum atomic E-state index is 6.09. The maximum Gasteiger partial charge on any atom is 0.0622 e. The molecule has 1 aromatic rings. The van der Waals surface area contributed by atoms with Crippen molar-refractivity contribution >= 4 is 11.4 Å². The average Bonchev–Trinajstić information content (AvgIpc) is 2.47. The summed E-state index contributed by atoms with van der Waals surface area (Å²) in [5.74, 6) is 0. The lowest BCUT2D eigenvalue weighted by Gasteiger charge is -2.31. The molecule has 19 heavy (non-hydrogen) atoms. The molecule has 2 atom stereocenters. The van der Waals surface area contributed by atoms with E-state index in [-0.39, 0.29) is 0 Å². The van der Waals surface area contributed by atoms with Gasteiger partial charge in [-0.1, -0.05) is 23.8 Å². The van der Waals surface area contributed by atoms with Crippen molar-refractivity contribution in [2.45, 2.75) is 39.8 Å². The third-order valence-electron chi connectivity index (χ3n) is 3.93. The van der Waals surface area contributed by atoms with Crippen molar-refractivity contribution < 1.29 is 0 Å². The summed E-state index contributed by atoms with van der Waals surface area (Å²) < 4.78 is 0. The quantitative estimate of drug-likeness (QED) is 0.631. The zero-order chi connectivity index (χ0) is 14.0. The molecule has 0 saturated carbocycles. The van der Waals surface area contributed by atoms with Crippen LogP contribution < -0.4 is 11.1 Å². The number of anilines is 2. The number of nitrogens with two attached hydrogens (primary N) is 1. The van der Waals surface area contributed by atoms with Gasteiger partial charge in [0, 0.05) is 25.2 Å². The van der Waals surface area contributed by atoms with Crippen LogP contribution >= 0.6 is 0 Å². The van der Waals surface area contributed by atoms with Crippen LogP contribution in [0.2, 0.25) is 0 Å². The van der Waals surface area contributed by atoms with Gasteiger partial charge in [-0.3, -0.25) is 4.90 Å². The number of nitrogens with zero attached hydrogens (tertiary/aromatic N) is 1. The largest absolute Gasteiger partial charge is 0.397 e. The lowest BCUT2D eigenvalue weighted by Crippen LogP contribution is -2.37. The molecule has 3 nitrogen and oxygen atoms in total. The van der Waals surface area contributed by atoms with Gasteiger partial charge < -0.3 is 11.1 Å². The van der Waals surface area contributed by atoms with Crippen molar-refractivity contribution in [3.05, 3.63) is 35.4 Å². The lowest BCUT2D eigenvalue weighted by molar-refractivity contribution is 0.185. The number of rotatable bonds is 2. The van der Waals surface area contributed by atoms with Crippen molar-refractivity contribution in [2.24, 2.45) is 0 Å². The first-order chi connectivity index (χ1) is 9.00. The van der Waals surface area contributed by atoms with E-state index < -0.39 is 0 Å². The van der Waals surface area contributed by atoms with Gasteiger partial charge in [0.25, 0.3) is 0 Å². The van der Waals surface area contributed by atoms with Crippen LogP contribution in [0.5, 0.6) is 0 Å². The Morgan fingerprint density at radius 1 is 1.42 bits per heavy atom. The number of allylic oxidation sites excluding steroid dienone is 1. The van der Waals surface area contributed by atoms with Crippen LogP contribution in [0.25, 0.3) is 0 Å². The van der Waals surface area contributed by atoms with Crippen molar-refractivity contribution in [3.63, 3.8) is 0 Å². The van der Waals surface area contributed by atoms with Crippen LogP contribution in [0.4, 0.5) is 11.4 Å². The summed E-state index contributed by atoms with van der Waals surface area (Å²) in [7, 11) is 0. The van der Waals surface area contributed by atoms with E-state index >= 15 is 0 Å². The minimum atomic E-state index is 0.374. The second-order valence-electron chi connectivity index (χ2n) is 5.70. The van der Waals surface area contributed by atoms with E-state index in [9.17, 15) is 0 Å². The molecule has 104 valence electrons. The second kappa shape index (κ2) is 5.66. The van der Waals surface area contributed by atoms with Crippen LogP contribution in [-0.2, 0) is 0 Å². The molecule has 1 heterocycles. The Morgan fingerprint density at radius 2 is 2.16 bits per heavy atom. The Hall–Kier alpha value is -1.48. The summed E-state index contributed by atoms with van der Waals surface area (Å²) in [6.07, 6.45) is 2.30. The van der Waals surface area contributed by atoms with Crippen LogP contribution in [0.3, 0.4) is 0 Å². The van der Waals surface area contributed by atoms with Gasteiger partial charge in [-0.15, -0.1) is 0 Å². The molecule has 1 aromatic carbocycles. The van der Waals surface area contributed by atoms with Gasteiger partial charge in [-0.05, 0) is 39.3 Å². The van der Waals surface area contributed by atoms with E-state index in [0.717, 1.165) is 24.5 Å². The Kier molecular flexibility index (Phi) is 4.15. The highest BCUT2D eigenvalue weighted by Crippen LogP contribution is 2.35. The van der Waals surface area contributed by atoms with E-state index in [0.29, 0.717) is 12.1 Å². The monoisotopic (exact) mass is 259 g/mol. The maximum absolute atomic E-state index is 6.09. The fourth-order valence-electron chi connectivity index (χ4n) is 2.69. The number of nitrogens with one attached hydrogen (secondary N) is 1. The molecule has 0 saturated heterocycles. The van der Waals surface area contributed by atoms with E-state index in [1.165, 1.54) is 11.1 Å². The topological polar surface area (TPSA) is 41.3 Å². The van der Waals surface area contributed by atoms with E-state index in [2.05, 4.69) is 50.1 Å². The first-order valence-corrected chi connectivity index (χ1v) is 7.02. The van der Waals surface area contributed by atoms with Crippen molar-refractivity contribution in [1.29, 1.82) is 0 Å². The predicted molar refractivity (Wildman–Crippen MR) is 83.4 cm³/mol. The minimum absolute atomic E-state index is 0.374. The number of benzene rings is 1. The zero-order valence-corrected chi connectivity index (χ0v) is 12.4. The van der Waals surface area contributed by atoms with Crippen LogP contribution in [0.1, 0.15) is 39.3 Å². The number of fused-ring (bicyclic) bond motifs is 1. The van der Waals surface area contributed by atoms with Crippen molar-refractivity contribution in [1.82, 2.24) is 4.90 Å². The average molecular weight is 259 g/mol. The summed E-state index contributed by atoms with van der Waals surface area (Å²) in [4.78, 5) is 2.52. The highest BCUT2D eigenvalue weighted by atomic mass is 15.2. The summed E-state index contributed by atoms with van der Waals surface area (Å²) in [6, 6.07) is 7.05. The number of nitrogen functional groups attached to an aromatic ring is 1. The minimum Gasteiger partial charge on any atom is -0.397 e. The lowest BCUT2D eigenvalue weighted by atomic mass is 10.0. The molecule has 1 aliphatic rings. The Bertz CT molecular complexity index is 475. The predicted octanol–water partition coefficient (Wildman–Crippen LogP) is 3.41. The molecule has 2 unspecified atom stereocenters. The summed E-state index contributed by atoms with van der Waals surface area (Å²) in [6.45, 7) is 10.8. The fourth-order valence-corrected chi connectivity index (χ4v) is 2.69. The molecule has 3 N–H and O–H groups in total. The van der Waals surface area contributed by atoms with E-state index in [4.69, 9.17) is 5.73 Å². The highest BCUT2D eigenvalue weighted by Gasteiger charge is 2.26. The van der Waals surface area contributed by atoms with E-state index in [1.54, 1.807) is 0 Å². The fraction of sp³-hybridized carbons (Fsp3) is 0.500. The second-order valence-corrected chi connectivity index (χ2v) is 5.70. The molecule has 0 bridgehead atoms. The van der Waals surface area contributed by atoms with Gasteiger partial charge in [0.2, 0.25) is 0 Å². The molecule has 0 radical (unpaired) electrons. The molecular weight excluding hydrogens is 234 g/mol. The number of para-hydroxylation sites is 1. The Morgan fingerprint density at radius 3 is 2.84 bits per heavy atom. The molecule has 2 rings (SSSR count). The van der Waals surface area contributed by atoms with Gasteiger partial charge in [0.05, 0.1) is 11.4 Å². The van der Waals surface area contributed by atoms with Gasteiger partial charge in [0.1, 0.15) is 0 Å². The Labute approximate surface area is 116 Å². The molecule has 0 spiro atoms. The van der Waals surface area contributed by atoms with Gasteiger partial charge in [0.15, 0.2) is 0 Å². The van der Waals surface area contributed by atoms with Crippen molar-refractivity contribution in [3.8, 4) is 0 Å². The van der Waals surface area contributed by atoms with Crippen LogP contribution in [0, 0.1) is 0 Å². The highest BCUT2D eigenvalue weighted by molar-refractivity contribution is 5.71. The van der Waals surface area contributed by atoms with Gasteiger partial charge in [-0.2, -0.15) is 0 Å². The third-order valence-corrected chi connectivity index (χ3v) is 3.93. The zero-order valence-electron chi connectivity index (χ0n) is 12.4. The van der Waals surface area contributed by atoms with Crippen LogP contribution in [0.15, 0.2) is 29.8 Å². The summed E-state index contributed by atoms with van der Waals surface area (Å²) in [5.41, 5.74) is 10.7. The molecule has 0 aromatic heterocycles. The Balaban J connectivity index is 2.34. The molecule has 0 amide bonds. The summed E-state index contributed by atoms with van der Waals surface area (Å²) in [5, 5.41) is 3.50. The molecule has 1 aliphatic heterocycles. The van der Waals surface area contributed by atoms with Crippen LogP contribution in [-0.4, -0.2) is 24.0 Å². The van der Waals surface area contributed by atoms with Gasteiger partial charge in [-0.25, -0.2) is 0 Å². The number of hydrogen-bond donors (Lipinski definition) is 2. The normalized spacial score (nSPS) is 23.2. The van der Waals surface area contributed by atoms with Crippen molar-refractivity contribution in [2.75, 3.05) is 24.1 Å². The standard InChI is InChI=1S/C16H25N3/c1-11(2)8-9-19-12(3)10-18-16-14(13(19)4)6-5-7-15(16)17/h5-8,12-13,18H,9-10,17H2,1-4H3. The summed E-state index contributed by atoms with van der Waals surface area (Å²) >= 11 is 0. The third kappa shape index (κ3) is 2.92. The molecular formula is C16H25N3. The SMILES string of the molecule is CC(C)=CCN1C(C)CNc2c(N)cccc2C1C. The first-order valence-electron chi connectivity index (χ1n) is 7.02. The number of hydrogen-bond acceptors (Lipinski definition) is 3. The van der Waals surface area contributed by atoms with Gasteiger partial charge >= 0.3 is 0 Å². The van der Waals surface area contributed by atoms with E-state index in [1.807, 2.05) is 12.1 Å². The smallest absolute Gasteiger partial charge is 0.0622 e.